The van der Waals surface area contributed by atoms with Crippen molar-refractivity contribution in [1.82, 2.24) is 10.2 Å². The van der Waals surface area contributed by atoms with Gasteiger partial charge in [0.15, 0.2) is 0 Å². The number of carbonyl (C=O) groups is 2. The first-order chi connectivity index (χ1) is 22.5. The summed E-state index contributed by atoms with van der Waals surface area (Å²) in [5.74, 6) is -0.677. The molecule has 0 aliphatic heterocycles. The fourth-order valence-corrected chi connectivity index (χ4v) is 7.67. The van der Waals surface area contributed by atoms with Crippen molar-refractivity contribution in [3.63, 3.8) is 0 Å². The maximum atomic E-state index is 14.7. The standard InChI is InChI=1S/C39H45N3O4S/c1-28-14-18-33(19-15-28)26-41(37(25-32-10-6-5-7-11-32)39(44)40-34-12-8-9-13-34)38(43)27-42(35-23-30(3)22-31(4)24-35)47(45,46)36-20-16-29(2)17-21-36/h5-7,10-11,14-24,34,37H,8-9,12-13,25-27H2,1-4H3,(H,40,44)/t37-/m0/s1. The molecule has 0 saturated heterocycles. The largest absolute Gasteiger partial charge is 0.352 e. The van der Waals surface area contributed by atoms with Crippen molar-refractivity contribution in [3.05, 3.63) is 130 Å². The van der Waals surface area contributed by atoms with Crippen LogP contribution >= 0.6 is 0 Å². The van der Waals surface area contributed by atoms with Gasteiger partial charge >= 0.3 is 0 Å². The molecule has 0 aromatic heterocycles. The fraction of sp³-hybridized carbons (Fsp3) is 0.333. The van der Waals surface area contributed by atoms with Crippen LogP contribution in [0.15, 0.2) is 102 Å². The Morgan fingerprint density at radius 3 is 1.91 bits per heavy atom. The number of aryl methyl sites for hydroxylation is 4. The minimum Gasteiger partial charge on any atom is -0.352 e. The number of hydrogen-bond acceptors (Lipinski definition) is 4. The molecular weight excluding hydrogens is 607 g/mol. The summed E-state index contributed by atoms with van der Waals surface area (Å²) in [5.41, 5.74) is 5.95. The Morgan fingerprint density at radius 1 is 0.745 bits per heavy atom. The van der Waals surface area contributed by atoms with Crippen LogP contribution in [0.5, 0.6) is 0 Å². The molecule has 47 heavy (non-hydrogen) atoms. The van der Waals surface area contributed by atoms with Crippen molar-refractivity contribution in [2.45, 2.75) is 83.3 Å². The summed E-state index contributed by atoms with van der Waals surface area (Å²) in [4.78, 5) is 30.5. The highest BCUT2D eigenvalue weighted by Crippen LogP contribution is 2.28. The number of hydrogen-bond donors (Lipinski definition) is 1. The van der Waals surface area contributed by atoms with Gasteiger partial charge in [0, 0.05) is 19.0 Å². The molecule has 1 atom stereocenters. The number of nitrogens with zero attached hydrogens (tertiary/aromatic N) is 2. The summed E-state index contributed by atoms with van der Waals surface area (Å²) >= 11 is 0. The monoisotopic (exact) mass is 651 g/mol. The average molecular weight is 652 g/mol. The first-order valence-corrected chi connectivity index (χ1v) is 17.8. The van der Waals surface area contributed by atoms with E-state index in [0.717, 1.165) is 59.1 Å². The lowest BCUT2D eigenvalue weighted by atomic mass is 10.0. The molecule has 1 aliphatic carbocycles. The van der Waals surface area contributed by atoms with E-state index in [1.807, 2.05) is 88.4 Å². The van der Waals surface area contributed by atoms with Gasteiger partial charge in [0.1, 0.15) is 12.6 Å². The Balaban J connectivity index is 1.58. The SMILES string of the molecule is Cc1ccc(CN(C(=O)CN(c2cc(C)cc(C)c2)S(=O)(=O)c2ccc(C)cc2)[C@@H](Cc2ccccc2)C(=O)NC2CCCC2)cc1. The van der Waals surface area contributed by atoms with Gasteiger partial charge in [-0.15, -0.1) is 0 Å². The molecule has 8 heteroatoms. The zero-order valence-electron chi connectivity index (χ0n) is 27.8. The molecule has 0 spiro atoms. The summed E-state index contributed by atoms with van der Waals surface area (Å²) in [6, 6.07) is 28.9. The van der Waals surface area contributed by atoms with E-state index >= 15 is 0 Å². The maximum Gasteiger partial charge on any atom is 0.264 e. The zero-order valence-corrected chi connectivity index (χ0v) is 28.6. The smallest absolute Gasteiger partial charge is 0.264 e. The lowest BCUT2D eigenvalue weighted by Crippen LogP contribution is -2.54. The van der Waals surface area contributed by atoms with E-state index in [-0.39, 0.29) is 23.4 Å². The molecule has 4 aromatic rings. The molecule has 0 unspecified atom stereocenters. The molecule has 246 valence electrons. The normalized spacial score (nSPS) is 14.0. The van der Waals surface area contributed by atoms with E-state index in [4.69, 9.17) is 0 Å². The van der Waals surface area contributed by atoms with E-state index < -0.39 is 28.5 Å². The van der Waals surface area contributed by atoms with Crippen LogP contribution in [0.4, 0.5) is 5.69 Å². The van der Waals surface area contributed by atoms with Crippen molar-refractivity contribution in [1.29, 1.82) is 0 Å². The Hall–Kier alpha value is -4.43. The van der Waals surface area contributed by atoms with Gasteiger partial charge in [-0.2, -0.15) is 0 Å². The maximum absolute atomic E-state index is 14.7. The van der Waals surface area contributed by atoms with Crippen LogP contribution in [0, 0.1) is 27.7 Å². The minimum atomic E-state index is -4.15. The molecule has 1 aliphatic rings. The summed E-state index contributed by atoms with van der Waals surface area (Å²) in [5, 5.41) is 3.23. The average Bonchev–Trinajstić information content (AvgIpc) is 3.55. The summed E-state index contributed by atoms with van der Waals surface area (Å²) < 4.78 is 29.8. The number of sulfonamides is 1. The third-order valence-electron chi connectivity index (χ3n) is 8.83. The summed E-state index contributed by atoms with van der Waals surface area (Å²) in [6.07, 6.45) is 4.23. The van der Waals surface area contributed by atoms with Crippen LogP contribution in [-0.4, -0.2) is 43.8 Å². The quantitative estimate of drug-likeness (QED) is 0.182. The Morgan fingerprint density at radius 2 is 1.32 bits per heavy atom. The van der Waals surface area contributed by atoms with Crippen molar-refractivity contribution >= 4 is 27.5 Å². The highest BCUT2D eigenvalue weighted by molar-refractivity contribution is 7.92. The fourth-order valence-electron chi connectivity index (χ4n) is 6.27. The van der Waals surface area contributed by atoms with Crippen molar-refractivity contribution in [3.8, 4) is 0 Å². The Bertz CT molecular complexity index is 1760. The third kappa shape index (κ3) is 8.69. The van der Waals surface area contributed by atoms with Crippen molar-refractivity contribution in [2.24, 2.45) is 0 Å². The molecule has 1 fully saturated rings. The van der Waals surface area contributed by atoms with Gasteiger partial charge in [-0.05, 0) is 87.1 Å². The Kier molecular flexibility index (Phi) is 10.8. The minimum absolute atomic E-state index is 0.0609. The number of rotatable bonds is 12. The molecule has 1 saturated carbocycles. The van der Waals surface area contributed by atoms with Gasteiger partial charge in [-0.1, -0.05) is 96.8 Å². The molecule has 1 N–H and O–H groups in total. The zero-order chi connectivity index (χ0) is 33.6. The van der Waals surface area contributed by atoms with E-state index in [2.05, 4.69) is 5.32 Å². The number of anilines is 1. The Labute approximate surface area is 279 Å². The second kappa shape index (κ2) is 15.0. The van der Waals surface area contributed by atoms with Crippen LogP contribution < -0.4 is 9.62 Å². The molecular formula is C39H45N3O4S. The first kappa shape index (κ1) is 33.9. The molecule has 2 amide bonds. The van der Waals surface area contributed by atoms with Gasteiger partial charge in [0.2, 0.25) is 11.8 Å². The van der Waals surface area contributed by atoms with E-state index in [1.165, 1.54) is 4.31 Å². The van der Waals surface area contributed by atoms with E-state index in [0.29, 0.717) is 12.1 Å². The predicted octanol–water partition coefficient (Wildman–Crippen LogP) is 6.81. The van der Waals surface area contributed by atoms with Crippen LogP contribution in [0.3, 0.4) is 0 Å². The predicted molar refractivity (Wildman–Crippen MR) is 188 cm³/mol. The van der Waals surface area contributed by atoms with Crippen LogP contribution in [0.1, 0.15) is 59.1 Å². The lowest BCUT2D eigenvalue weighted by Gasteiger charge is -2.34. The van der Waals surface area contributed by atoms with Gasteiger partial charge in [-0.3, -0.25) is 13.9 Å². The van der Waals surface area contributed by atoms with Crippen LogP contribution in [-0.2, 0) is 32.6 Å². The van der Waals surface area contributed by atoms with E-state index in [9.17, 15) is 18.0 Å². The van der Waals surface area contributed by atoms with Crippen molar-refractivity contribution < 1.29 is 18.0 Å². The first-order valence-electron chi connectivity index (χ1n) is 16.4. The van der Waals surface area contributed by atoms with Gasteiger partial charge in [0.25, 0.3) is 10.0 Å². The topological polar surface area (TPSA) is 86.8 Å². The second-order valence-corrected chi connectivity index (χ2v) is 14.7. The molecule has 4 aromatic carbocycles. The third-order valence-corrected chi connectivity index (χ3v) is 10.6. The second-order valence-electron chi connectivity index (χ2n) is 12.9. The molecule has 0 heterocycles. The summed E-state index contributed by atoms with van der Waals surface area (Å²) in [7, 11) is -4.15. The van der Waals surface area contributed by atoms with Gasteiger partial charge < -0.3 is 10.2 Å². The van der Waals surface area contributed by atoms with Crippen LogP contribution in [0.25, 0.3) is 0 Å². The van der Waals surface area contributed by atoms with E-state index in [1.54, 1.807) is 41.3 Å². The molecule has 7 nitrogen and oxygen atoms in total. The molecule has 5 rings (SSSR count). The lowest BCUT2D eigenvalue weighted by molar-refractivity contribution is -0.140. The molecule has 0 bridgehead atoms. The van der Waals surface area contributed by atoms with Crippen molar-refractivity contribution in [2.75, 3.05) is 10.8 Å². The highest BCUT2D eigenvalue weighted by atomic mass is 32.2. The number of carbonyl (C=O) groups excluding carboxylic acids is 2. The number of benzene rings is 4. The van der Waals surface area contributed by atoms with Gasteiger partial charge in [0.05, 0.1) is 10.6 Å². The summed E-state index contributed by atoms with van der Waals surface area (Å²) in [6.45, 7) is 7.39. The highest BCUT2D eigenvalue weighted by Gasteiger charge is 2.35. The molecule has 0 radical (unpaired) electrons. The number of nitrogens with one attached hydrogen (secondary N) is 1. The van der Waals surface area contributed by atoms with Gasteiger partial charge in [-0.25, -0.2) is 8.42 Å². The number of amides is 2. The van der Waals surface area contributed by atoms with Crippen LogP contribution in [0.2, 0.25) is 0 Å².